The highest BCUT2D eigenvalue weighted by atomic mass is 16.6. The summed E-state index contributed by atoms with van der Waals surface area (Å²) in [5.41, 5.74) is 0. The zero-order valence-corrected chi connectivity index (χ0v) is 9.54. The van der Waals surface area contributed by atoms with E-state index in [1.165, 1.54) is 6.07 Å². The lowest BCUT2D eigenvalue weighted by atomic mass is 10.1. The van der Waals surface area contributed by atoms with Gasteiger partial charge in [-0.3, -0.25) is 14.9 Å². The number of nitro groups is 1. The SMILES string of the molecule is CC(C)[C@@H](CO)NC(=O)c1ccc([N+](=O)[O-])o1. The number of nitrogens with zero attached hydrogens (tertiary/aromatic N) is 1. The molecule has 1 heterocycles. The molecule has 0 bridgehead atoms. The highest BCUT2D eigenvalue weighted by Crippen LogP contribution is 2.15. The van der Waals surface area contributed by atoms with E-state index >= 15 is 0 Å². The predicted molar refractivity (Wildman–Crippen MR) is 58.5 cm³/mol. The number of carbonyl (C=O) groups is 1. The van der Waals surface area contributed by atoms with Gasteiger partial charge >= 0.3 is 5.88 Å². The van der Waals surface area contributed by atoms with Crippen LogP contribution in [-0.4, -0.2) is 28.6 Å². The Morgan fingerprint density at radius 1 is 1.59 bits per heavy atom. The third kappa shape index (κ3) is 3.28. The maximum absolute atomic E-state index is 11.6. The first kappa shape index (κ1) is 13.2. The Kier molecular flexibility index (Phi) is 4.22. The average molecular weight is 242 g/mol. The van der Waals surface area contributed by atoms with Gasteiger partial charge in [0.05, 0.1) is 18.7 Å². The lowest BCUT2D eigenvalue weighted by molar-refractivity contribution is -0.402. The van der Waals surface area contributed by atoms with Crippen molar-refractivity contribution in [2.75, 3.05) is 6.61 Å². The molecule has 1 aromatic heterocycles. The second-order valence-corrected chi connectivity index (χ2v) is 3.90. The summed E-state index contributed by atoms with van der Waals surface area (Å²) in [5.74, 6) is -1.16. The fourth-order valence-corrected chi connectivity index (χ4v) is 1.21. The number of rotatable bonds is 5. The lowest BCUT2D eigenvalue weighted by Crippen LogP contribution is -2.40. The molecule has 1 atom stereocenters. The molecule has 0 spiro atoms. The summed E-state index contributed by atoms with van der Waals surface area (Å²) in [6.45, 7) is 3.48. The molecule has 2 N–H and O–H groups in total. The van der Waals surface area contributed by atoms with Crippen molar-refractivity contribution in [3.8, 4) is 0 Å². The second-order valence-electron chi connectivity index (χ2n) is 3.90. The van der Waals surface area contributed by atoms with Crippen molar-refractivity contribution in [2.24, 2.45) is 5.92 Å². The molecule has 0 aliphatic heterocycles. The van der Waals surface area contributed by atoms with E-state index in [0.29, 0.717) is 0 Å². The fraction of sp³-hybridized carbons (Fsp3) is 0.500. The van der Waals surface area contributed by atoms with Gasteiger partial charge in [0.25, 0.3) is 5.91 Å². The Labute approximate surface area is 97.6 Å². The van der Waals surface area contributed by atoms with Crippen molar-refractivity contribution in [3.05, 3.63) is 28.0 Å². The van der Waals surface area contributed by atoms with Crippen LogP contribution in [0.25, 0.3) is 0 Å². The number of hydrogen-bond donors (Lipinski definition) is 2. The molecular weight excluding hydrogens is 228 g/mol. The van der Waals surface area contributed by atoms with Gasteiger partial charge in [-0.25, -0.2) is 0 Å². The van der Waals surface area contributed by atoms with E-state index in [1.54, 1.807) is 0 Å². The summed E-state index contributed by atoms with van der Waals surface area (Å²) < 4.78 is 4.74. The van der Waals surface area contributed by atoms with Crippen molar-refractivity contribution >= 4 is 11.8 Å². The molecule has 0 unspecified atom stereocenters. The Bertz CT molecular complexity index is 413. The molecule has 0 saturated carbocycles. The van der Waals surface area contributed by atoms with E-state index in [-0.39, 0.29) is 18.3 Å². The van der Waals surface area contributed by atoms with E-state index in [4.69, 9.17) is 9.52 Å². The maximum Gasteiger partial charge on any atom is 0.433 e. The molecule has 7 nitrogen and oxygen atoms in total. The van der Waals surface area contributed by atoms with Crippen molar-refractivity contribution in [1.29, 1.82) is 0 Å². The Hall–Kier alpha value is -1.89. The van der Waals surface area contributed by atoms with E-state index in [1.807, 2.05) is 13.8 Å². The minimum atomic E-state index is -0.719. The van der Waals surface area contributed by atoms with Crippen molar-refractivity contribution in [1.82, 2.24) is 5.32 Å². The van der Waals surface area contributed by atoms with Gasteiger partial charge in [-0.05, 0) is 12.0 Å². The molecule has 17 heavy (non-hydrogen) atoms. The van der Waals surface area contributed by atoms with E-state index in [0.717, 1.165) is 6.07 Å². The molecule has 0 aromatic carbocycles. The first-order valence-electron chi connectivity index (χ1n) is 5.11. The van der Waals surface area contributed by atoms with Gasteiger partial charge in [-0.2, -0.15) is 0 Å². The quantitative estimate of drug-likeness (QED) is 0.590. The number of hydrogen-bond acceptors (Lipinski definition) is 5. The van der Waals surface area contributed by atoms with E-state index < -0.39 is 22.8 Å². The molecule has 0 aliphatic rings. The Morgan fingerprint density at radius 3 is 2.65 bits per heavy atom. The average Bonchev–Trinajstić information content (AvgIpc) is 2.74. The largest absolute Gasteiger partial charge is 0.433 e. The normalized spacial score (nSPS) is 12.5. The van der Waals surface area contributed by atoms with Crippen LogP contribution >= 0.6 is 0 Å². The monoisotopic (exact) mass is 242 g/mol. The first-order chi connectivity index (χ1) is 7.95. The van der Waals surface area contributed by atoms with Crippen LogP contribution in [0.5, 0.6) is 0 Å². The van der Waals surface area contributed by atoms with Gasteiger partial charge in [0.2, 0.25) is 0 Å². The third-order valence-electron chi connectivity index (χ3n) is 2.31. The predicted octanol–water partition coefficient (Wildman–Crippen LogP) is 0.935. The van der Waals surface area contributed by atoms with Crippen molar-refractivity contribution < 1.29 is 19.2 Å². The standard InChI is InChI=1S/C10H14N2O5/c1-6(2)7(5-13)11-10(14)8-3-4-9(17-8)12(15)16/h3-4,6-7,13H,5H2,1-2H3,(H,11,14)/t7-/m1/s1. The minimum Gasteiger partial charge on any atom is -0.395 e. The van der Waals surface area contributed by atoms with E-state index in [2.05, 4.69) is 5.32 Å². The molecule has 1 aromatic rings. The topological polar surface area (TPSA) is 106 Å². The first-order valence-corrected chi connectivity index (χ1v) is 5.11. The van der Waals surface area contributed by atoms with Gasteiger partial charge in [-0.1, -0.05) is 13.8 Å². The van der Waals surface area contributed by atoms with Gasteiger partial charge in [-0.15, -0.1) is 0 Å². The molecule has 0 aliphatic carbocycles. The van der Waals surface area contributed by atoms with Gasteiger partial charge in [0.1, 0.15) is 4.92 Å². The summed E-state index contributed by atoms with van der Waals surface area (Å²) in [6.07, 6.45) is 0. The van der Waals surface area contributed by atoms with Crippen LogP contribution < -0.4 is 5.32 Å². The Morgan fingerprint density at radius 2 is 2.24 bits per heavy atom. The van der Waals surface area contributed by atoms with Crippen LogP contribution in [-0.2, 0) is 0 Å². The molecular formula is C10H14N2O5. The number of amides is 1. The number of nitrogens with one attached hydrogen (secondary N) is 1. The highest BCUT2D eigenvalue weighted by Gasteiger charge is 2.21. The van der Waals surface area contributed by atoms with Gasteiger partial charge in [0.15, 0.2) is 5.76 Å². The third-order valence-corrected chi connectivity index (χ3v) is 2.31. The molecule has 1 amide bonds. The van der Waals surface area contributed by atoms with Crippen LogP contribution in [0, 0.1) is 16.0 Å². The zero-order chi connectivity index (χ0) is 13.0. The van der Waals surface area contributed by atoms with Crippen molar-refractivity contribution in [2.45, 2.75) is 19.9 Å². The van der Waals surface area contributed by atoms with Gasteiger partial charge < -0.3 is 14.8 Å². The molecule has 0 fully saturated rings. The van der Waals surface area contributed by atoms with Crippen molar-refractivity contribution in [3.63, 3.8) is 0 Å². The maximum atomic E-state index is 11.6. The second kappa shape index (κ2) is 5.44. The number of aliphatic hydroxyl groups is 1. The number of aliphatic hydroxyl groups excluding tert-OH is 1. The lowest BCUT2D eigenvalue weighted by Gasteiger charge is -2.18. The summed E-state index contributed by atoms with van der Waals surface area (Å²) in [4.78, 5) is 21.3. The summed E-state index contributed by atoms with van der Waals surface area (Å²) in [6, 6.07) is 1.92. The van der Waals surface area contributed by atoms with Gasteiger partial charge in [0, 0.05) is 0 Å². The molecule has 0 radical (unpaired) electrons. The van der Waals surface area contributed by atoms with Crippen LogP contribution in [0.4, 0.5) is 5.88 Å². The minimum absolute atomic E-state index is 0.0499. The zero-order valence-electron chi connectivity index (χ0n) is 9.54. The molecule has 0 saturated heterocycles. The van der Waals surface area contributed by atoms with E-state index in [9.17, 15) is 14.9 Å². The fourth-order valence-electron chi connectivity index (χ4n) is 1.21. The molecule has 94 valence electrons. The number of furan rings is 1. The Balaban J connectivity index is 2.72. The summed E-state index contributed by atoms with van der Waals surface area (Å²) in [7, 11) is 0. The van der Waals surface area contributed by atoms with Crippen LogP contribution in [0.2, 0.25) is 0 Å². The summed E-state index contributed by atoms with van der Waals surface area (Å²) in [5, 5.41) is 21.9. The highest BCUT2D eigenvalue weighted by molar-refractivity contribution is 5.91. The van der Waals surface area contributed by atoms with Crippen LogP contribution in [0.15, 0.2) is 16.5 Å². The smallest absolute Gasteiger partial charge is 0.395 e. The molecule has 7 heteroatoms. The molecule has 1 rings (SSSR count). The van der Waals surface area contributed by atoms with Crippen LogP contribution in [0.3, 0.4) is 0 Å². The summed E-state index contributed by atoms with van der Waals surface area (Å²) >= 11 is 0. The number of carbonyl (C=O) groups excluding carboxylic acids is 1. The van der Waals surface area contributed by atoms with Crippen LogP contribution in [0.1, 0.15) is 24.4 Å².